The van der Waals surface area contributed by atoms with Crippen molar-refractivity contribution in [2.24, 2.45) is 17.8 Å². The average Bonchev–Trinajstić information content (AvgIpc) is 2.47. The zero-order chi connectivity index (χ0) is 14.7. The van der Waals surface area contributed by atoms with Crippen LogP contribution in [-0.4, -0.2) is 36.1 Å². The first-order chi connectivity index (χ1) is 9.54. The monoisotopic (exact) mass is 280 g/mol. The molecule has 5 atom stereocenters. The van der Waals surface area contributed by atoms with Gasteiger partial charge in [-0.2, -0.15) is 0 Å². The summed E-state index contributed by atoms with van der Waals surface area (Å²) in [5.74, 6) is 2.55. The first kappa shape index (κ1) is 16.3. The minimum absolute atomic E-state index is 0.700. The zero-order valence-corrected chi connectivity index (χ0v) is 14.4. The molecule has 0 amide bonds. The van der Waals surface area contributed by atoms with Crippen molar-refractivity contribution in [2.45, 2.75) is 84.8 Å². The van der Waals surface area contributed by atoms with Crippen molar-refractivity contribution in [3.63, 3.8) is 0 Å². The molecule has 20 heavy (non-hydrogen) atoms. The highest BCUT2D eigenvalue weighted by Gasteiger charge is 2.37. The molecule has 2 aliphatic rings. The average molecular weight is 280 g/mol. The molecule has 1 N–H and O–H groups in total. The predicted octanol–water partition coefficient (Wildman–Crippen LogP) is 3.91. The second-order valence-electron chi connectivity index (χ2n) is 7.71. The Labute approximate surface area is 126 Å². The molecule has 0 aromatic carbocycles. The molecular formula is C18H36N2. The molecule has 2 fully saturated rings. The summed E-state index contributed by atoms with van der Waals surface area (Å²) in [6.45, 7) is 14.5. The first-order valence-electron chi connectivity index (χ1n) is 9.03. The van der Waals surface area contributed by atoms with Gasteiger partial charge in [-0.1, -0.05) is 47.0 Å². The van der Waals surface area contributed by atoms with E-state index in [9.17, 15) is 0 Å². The van der Waals surface area contributed by atoms with E-state index in [0.29, 0.717) is 12.1 Å². The van der Waals surface area contributed by atoms with Gasteiger partial charge in [0.2, 0.25) is 0 Å². The summed E-state index contributed by atoms with van der Waals surface area (Å²) >= 11 is 0. The van der Waals surface area contributed by atoms with Crippen LogP contribution in [0.3, 0.4) is 0 Å². The fourth-order valence-corrected chi connectivity index (χ4v) is 4.37. The highest BCUT2D eigenvalue weighted by Crippen LogP contribution is 2.35. The topological polar surface area (TPSA) is 15.3 Å². The SMILES string of the molecule is CCC(C)C1CN(C2CCCCC2C(C)C)C(C)CN1. The van der Waals surface area contributed by atoms with E-state index in [1.54, 1.807) is 0 Å². The van der Waals surface area contributed by atoms with Crippen molar-refractivity contribution in [3.8, 4) is 0 Å². The van der Waals surface area contributed by atoms with E-state index in [1.807, 2.05) is 0 Å². The van der Waals surface area contributed by atoms with E-state index in [-0.39, 0.29) is 0 Å². The summed E-state index contributed by atoms with van der Waals surface area (Å²) in [6, 6.07) is 2.25. The lowest BCUT2D eigenvalue weighted by molar-refractivity contribution is 0.0143. The van der Waals surface area contributed by atoms with Crippen molar-refractivity contribution < 1.29 is 0 Å². The molecule has 5 unspecified atom stereocenters. The molecule has 0 radical (unpaired) electrons. The molecule has 0 aromatic heterocycles. The van der Waals surface area contributed by atoms with Gasteiger partial charge in [-0.3, -0.25) is 4.90 Å². The highest BCUT2D eigenvalue weighted by molar-refractivity contribution is 4.94. The number of rotatable bonds is 4. The van der Waals surface area contributed by atoms with Gasteiger partial charge in [0.1, 0.15) is 0 Å². The van der Waals surface area contributed by atoms with Crippen LogP contribution < -0.4 is 5.32 Å². The third-order valence-electron chi connectivity index (χ3n) is 6.04. The van der Waals surface area contributed by atoms with Crippen LogP contribution in [0.25, 0.3) is 0 Å². The summed E-state index contributed by atoms with van der Waals surface area (Å²) in [5.41, 5.74) is 0. The summed E-state index contributed by atoms with van der Waals surface area (Å²) in [4.78, 5) is 2.87. The Morgan fingerprint density at radius 1 is 1.15 bits per heavy atom. The molecule has 2 rings (SSSR count). The van der Waals surface area contributed by atoms with E-state index in [4.69, 9.17) is 0 Å². The molecule has 1 aliphatic carbocycles. The van der Waals surface area contributed by atoms with Gasteiger partial charge in [-0.25, -0.2) is 0 Å². The van der Waals surface area contributed by atoms with Gasteiger partial charge in [-0.15, -0.1) is 0 Å². The molecule has 0 bridgehead atoms. The lowest BCUT2D eigenvalue weighted by Crippen LogP contribution is -2.62. The second kappa shape index (κ2) is 7.26. The van der Waals surface area contributed by atoms with E-state index >= 15 is 0 Å². The van der Waals surface area contributed by atoms with E-state index in [0.717, 1.165) is 23.8 Å². The molecule has 0 aromatic rings. The van der Waals surface area contributed by atoms with Crippen LogP contribution in [0, 0.1) is 17.8 Å². The summed E-state index contributed by atoms with van der Waals surface area (Å²) in [5, 5.41) is 3.79. The van der Waals surface area contributed by atoms with Crippen molar-refractivity contribution in [1.82, 2.24) is 10.2 Å². The number of hydrogen-bond donors (Lipinski definition) is 1. The minimum Gasteiger partial charge on any atom is -0.311 e. The number of nitrogens with zero attached hydrogens (tertiary/aromatic N) is 1. The summed E-state index contributed by atoms with van der Waals surface area (Å²) in [7, 11) is 0. The van der Waals surface area contributed by atoms with E-state index in [1.165, 1.54) is 45.2 Å². The third-order valence-corrected chi connectivity index (χ3v) is 6.04. The normalized spacial score (nSPS) is 38.1. The van der Waals surface area contributed by atoms with Gasteiger partial charge in [0.25, 0.3) is 0 Å². The maximum Gasteiger partial charge on any atom is 0.0221 e. The fraction of sp³-hybridized carbons (Fsp3) is 1.00. The predicted molar refractivity (Wildman–Crippen MR) is 88.0 cm³/mol. The van der Waals surface area contributed by atoms with Gasteiger partial charge in [0, 0.05) is 31.2 Å². The highest BCUT2D eigenvalue weighted by atomic mass is 15.3. The third kappa shape index (κ3) is 3.57. The maximum absolute atomic E-state index is 3.79. The van der Waals surface area contributed by atoms with Gasteiger partial charge in [0.15, 0.2) is 0 Å². The van der Waals surface area contributed by atoms with Crippen molar-refractivity contribution >= 4 is 0 Å². The molecule has 2 nitrogen and oxygen atoms in total. The quantitative estimate of drug-likeness (QED) is 0.840. The Kier molecular flexibility index (Phi) is 5.92. The Hall–Kier alpha value is -0.0800. The molecule has 1 heterocycles. The number of piperazine rings is 1. The van der Waals surface area contributed by atoms with Crippen molar-refractivity contribution in [3.05, 3.63) is 0 Å². The lowest BCUT2D eigenvalue weighted by Gasteiger charge is -2.49. The van der Waals surface area contributed by atoms with Crippen LogP contribution in [0.15, 0.2) is 0 Å². The van der Waals surface area contributed by atoms with Crippen LogP contribution in [0.2, 0.25) is 0 Å². The zero-order valence-electron chi connectivity index (χ0n) is 14.4. The Morgan fingerprint density at radius 3 is 2.50 bits per heavy atom. The van der Waals surface area contributed by atoms with E-state index in [2.05, 4.69) is 44.8 Å². The molecule has 1 saturated heterocycles. The molecular weight excluding hydrogens is 244 g/mol. The van der Waals surface area contributed by atoms with Gasteiger partial charge in [-0.05, 0) is 37.5 Å². The van der Waals surface area contributed by atoms with E-state index < -0.39 is 0 Å². The standard InChI is InChI=1S/C18H36N2/c1-6-14(4)17-12-20(15(5)11-19-17)18-10-8-7-9-16(18)13(2)3/h13-19H,6-12H2,1-5H3. The van der Waals surface area contributed by atoms with Crippen LogP contribution in [0.1, 0.15) is 66.7 Å². The number of hydrogen-bond acceptors (Lipinski definition) is 2. The Balaban J connectivity index is 2.07. The molecule has 2 heteroatoms. The Morgan fingerprint density at radius 2 is 1.85 bits per heavy atom. The summed E-state index contributed by atoms with van der Waals surface area (Å²) in [6.07, 6.45) is 7.07. The van der Waals surface area contributed by atoms with Crippen LogP contribution in [0.5, 0.6) is 0 Å². The van der Waals surface area contributed by atoms with Gasteiger partial charge in [0.05, 0.1) is 0 Å². The first-order valence-corrected chi connectivity index (χ1v) is 9.03. The lowest BCUT2D eigenvalue weighted by atomic mass is 9.76. The minimum atomic E-state index is 0.700. The molecule has 0 spiro atoms. The smallest absolute Gasteiger partial charge is 0.0221 e. The Bertz CT molecular complexity index is 289. The van der Waals surface area contributed by atoms with Gasteiger partial charge < -0.3 is 5.32 Å². The van der Waals surface area contributed by atoms with Crippen molar-refractivity contribution in [1.29, 1.82) is 0 Å². The van der Waals surface area contributed by atoms with Gasteiger partial charge >= 0.3 is 0 Å². The van der Waals surface area contributed by atoms with Crippen LogP contribution in [0.4, 0.5) is 0 Å². The van der Waals surface area contributed by atoms with Crippen LogP contribution >= 0.6 is 0 Å². The molecule has 1 aliphatic heterocycles. The van der Waals surface area contributed by atoms with Crippen molar-refractivity contribution in [2.75, 3.05) is 13.1 Å². The molecule has 1 saturated carbocycles. The summed E-state index contributed by atoms with van der Waals surface area (Å²) < 4.78 is 0. The second-order valence-corrected chi connectivity index (χ2v) is 7.71. The van der Waals surface area contributed by atoms with Crippen LogP contribution in [-0.2, 0) is 0 Å². The largest absolute Gasteiger partial charge is 0.311 e. The number of nitrogens with one attached hydrogen (secondary N) is 1. The maximum atomic E-state index is 3.79. The fourth-order valence-electron chi connectivity index (χ4n) is 4.37. The molecule has 118 valence electrons.